The van der Waals surface area contributed by atoms with Crippen LogP contribution in [-0.4, -0.2) is 5.75 Å². The lowest BCUT2D eigenvalue weighted by Crippen LogP contribution is -2.04. The minimum Gasteiger partial charge on any atom is -0.0941 e. The van der Waals surface area contributed by atoms with Crippen molar-refractivity contribution in [1.29, 1.82) is 0 Å². The summed E-state index contributed by atoms with van der Waals surface area (Å²) in [7, 11) is 0. The van der Waals surface area contributed by atoms with Crippen molar-refractivity contribution in [3.63, 3.8) is 0 Å². The van der Waals surface area contributed by atoms with Gasteiger partial charge in [-0.3, -0.25) is 0 Å². The lowest BCUT2D eigenvalue weighted by molar-refractivity contribution is 0.402. The van der Waals surface area contributed by atoms with Crippen molar-refractivity contribution in [3.8, 4) is 0 Å². The Kier molecular flexibility index (Phi) is 2.74. The van der Waals surface area contributed by atoms with Crippen molar-refractivity contribution >= 4 is 12.6 Å². The zero-order valence-electron chi connectivity index (χ0n) is 5.32. The normalized spacial score (nSPS) is 12.0. The van der Waals surface area contributed by atoms with Crippen LogP contribution in [0.3, 0.4) is 0 Å². The number of hydrogen-bond acceptors (Lipinski definition) is 0. The maximum atomic E-state index is 4.80. The molecule has 0 spiro atoms. The number of rotatable bonds is 1. The van der Waals surface area contributed by atoms with Crippen LogP contribution in [0.15, 0.2) is 0 Å². The van der Waals surface area contributed by atoms with E-state index < -0.39 is 0 Å². The molecule has 0 aliphatic rings. The molecule has 0 saturated carbocycles. The highest BCUT2D eigenvalue weighted by atomic mass is 32.1. The highest BCUT2D eigenvalue weighted by molar-refractivity contribution is 7.80. The second kappa shape index (κ2) is 2.61. The highest BCUT2D eigenvalue weighted by Crippen LogP contribution is 2.17. The van der Waals surface area contributed by atoms with Gasteiger partial charge >= 0.3 is 0 Å². The molecule has 0 atom stereocenters. The van der Waals surface area contributed by atoms with E-state index in [1.165, 1.54) is 0 Å². The molecule has 0 aliphatic heterocycles. The third-order valence-electron chi connectivity index (χ3n) is 0.852. The summed E-state index contributed by atoms with van der Waals surface area (Å²) >= 11 is 4.80. The van der Waals surface area contributed by atoms with Crippen LogP contribution in [0, 0.1) is 5.41 Å². The molecule has 0 nitrogen and oxygen atoms in total. The van der Waals surface area contributed by atoms with Gasteiger partial charge in [-0.25, -0.2) is 0 Å². The Hall–Kier alpha value is 0.350. The lowest BCUT2D eigenvalue weighted by Gasteiger charge is -2.14. The first-order chi connectivity index (χ1) is 3.06. The van der Waals surface area contributed by atoms with Gasteiger partial charge in [-0.05, 0) is 11.8 Å². The molecule has 0 amide bonds. The van der Waals surface area contributed by atoms with Gasteiger partial charge in [0.15, 0.2) is 0 Å². The zero-order chi connectivity index (χ0) is 5.91. The maximum absolute atomic E-state index is 4.80. The van der Waals surface area contributed by atoms with Gasteiger partial charge in [-0.1, -0.05) is 33.4 Å². The molecule has 0 bridgehead atoms. The summed E-state index contributed by atoms with van der Waals surface area (Å²) in [6.07, 6.45) is 1.16. The van der Waals surface area contributed by atoms with Crippen LogP contribution in [0.1, 0.15) is 27.2 Å². The van der Waals surface area contributed by atoms with Gasteiger partial charge in [0.2, 0.25) is 0 Å². The largest absolute Gasteiger partial charge is 0.0941 e. The lowest BCUT2D eigenvalue weighted by atomic mass is 9.94. The maximum Gasteiger partial charge on any atom is 0.00419 e. The van der Waals surface area contributed by atoms with Crippen LogP contribution in [0.2, 0.25) is 0 Å². The van der Waals surface area contributed by atoms with Crippen molar-refractivity contribution in [2.75, 3.05) is 5.75 Å². The van der Waals surface area contributed by atoms with Gasteiger partial charge in [0, 0.05) is 5.75 Å². The Morgan fingerprint density at radius 2 is 1.71 bits per heavy atom. The topological polar surface area (TPSA) is 0 Å². The molecule has 0 heterocycles. The van der Waals surface area contributed by atoms with Crippen molar-refractivity contribution in [2.24, 2.45) is 5.41 Å². The fraction of sp³-hybridized carbons (Fsp3) is 1.00. The summed E-state index contributed by atoms with van der Waals surface area (Å²) in [5.74, 6) is 0.892. The average molecular weight is 117 g/mol. The first-order valence-corrected chi connectivity index (χ1v) is 3.22. The van der Waals surface area contributed by atoms with E-state index in [-0.39, 0.29) is 0 Å². The molecule has 43 valence electrons. The Morgan fingerprint density at radius 1 is 1.29 bits per heavy atom. The van der Waals surface area contributed by atoms with E-state index in [4.69, 9.17) is 12.6 Å². The highest BCUT2D eigenvalue weighted by Gasteiger charge is 2.06. The van der Waals surface area contributed by atoms with Crippen LogP contribution in [0.25, 0.3) is 0 Å². The second-order valence-corrected chi connectivity index (χ2v) is 3.42. The SMILES string of the molecule is CC(C)(C)CC[S]. The molecule has 0 N–H and O–H groups in total. The molecule has 0 unspecified atom stereocenters. The van der Waals surface area contributed by atoms with Crippen molar-refractivity contribution in [3.05, 3.63) is 0 Å². The monoisotopic (exact) mass is 117 g/mol. The predicted octanol–water partition coefficient (Wildman–Crippen LogP) is 2.62. The minimum absolute atomic E-state index is 0.446. The molecule has 0 saturated heterocycles. The number of hydrogen-bond donors (Lipinski definition) is 0. The van der Waals surface area contributed by atoms with E-state index in [1.54, 1.807) is 0 Å². The Balaban J connectivity index is 3.15. The van der Waals surface area contributed by atoms with Gasteiger partial charge in [0.1, 0.15) is 0 Å². The van der Waals surface area contributed by atoms with Crippen molar-refractivity contribution < 1.29 is 0 Å². The average Bonchev–Trinajstić information content (AvgIpc) is 1.30. The molecule has 7 heavy (non-hydrogen) atoms. The van der Waals surface area contributed by atoms with Crippen molar-refractivity contribution in [2.45, 2.75) is 27.2 Å². The van der Waals surface area contributed by atoms with E-state index in [1.807, 2.05) is 0 Å². The third kappa shape index (κ3) is 6.35. The summed E-state index contributed by atoms with van der Waals surface area (Å²) < 4.78 is 0. The van der Waals surface area contributed by atoms with E-state index in [0.717, 1.165) is 12.2 Å². The third-order valence-corrected chi connectivity index (χ3v) is 1.06. The molecule has 0 aromatic heterocycles. The van der Waals surface area contributed by atoms with E-state index in [2.05, 4.69) is 20.8 Å². The Morgan fingerprint density at radius 3 is 1.71 bits per heavy atom. The van der Waals surface area contributed by atoms with Gasteiger partial charge in [-0.2, -0.15) is 0 Å². The van der Waals surface area contributed by atoms with Crippen LogP contribution < -0.4 is 0 Å². The second-order valence-electron chi connectivity index (χ2n) is 3.01. The fourth-order valence-electron chi connectivity index (χ4n) is 0.306. The molecule has 1 radical (unpaired) electrons. The zero-order valence-corrected chi connectivity index (χ0v) is 6.14. The summed E-state index contributed by atoms with van der Waals surface area (Å²) in [6.45, 7) is 6.62. The summed E-state index contributed by atoms with van der Waals surface area (Å²) in [5, 5.41) is 0. The van der Waals surface area contributed by atoms with Crippen LogP contribution in [0.4, 0.5) is 0 Å². The van der Waals surface area contributed by atoms with E-state index >= 15 is 0 Å². The molecule has 0 aromatic rings. The predicted molar refractivity (Wildman–Crippen MR) is 36.5 cm³/mol. The Labute approximate surface area is 51.7 Å². The van der Waals surface area contributed by atoms with E-state index in [9.17, 15) is 0 Å². The molecule has 0 aliphatic carbocycles. The molecular weight excluding hydrogens is 104 g/mol. The smallest absolute Gasteiger partial charge is 0.00419 e. The van der Waals surface area contributed by atoms with E-state index in [0.29, 0.717) is 5.41 Å². The van der Waals surface area contributed by atoms with Crippen LogP contribution in [0.5, 0.6) is 0 Å². The van der Waals surface area contributed by atoms with Gasteiger partial charge < -0.3 is 0 Å². The summed E-state index contributed by atoms with van der Waals surface area (Å²) in [6, 6.07) is 0. The fourth-order valence-corrected chi connectivity index (χ4v) is 0.919. The summed E-state index contributed by atoms with van der Waals surface area (Å²) in [4.78, 5) is 0. The van der Waals surface area contributed by atoms with Gasteiger partial charge in [0.25, 0.3) is 0 Å². The molecule has 0 rings (SSSR count). The van der Waals surface area contributed by atoms with Crippen molar-refractivity contribution in [1.82, 2.24) is 0 Å². The minimum atomic E-state index is 0.446. The first-order valence-electron chi connectivity index (χ1n) is 2.64. The standard InChI is InChI=1S/C6H13S/c1-6(2,3)4-5-7/h4-5H2,1-3H3. The van der Waals surface area contributed by atoms with Gasteiger partial charge in [-0.15, -0.1) is 0 Å². The quantitative estimate of drug-likeness (QED) is 0.495. The molecule has 0 aromatic carbocycles. The van der Waals surface area contributed by atoms with Crippen LogP contribution in [-0.2, 0) is 0 Å². The molecular formula is C6H13S. The first kappa shape index (κ1) is 7.35. The van der Waals surface area contributed by atoms with Crippen LogP contribution >= 0.6 is 12.6 Å². The molecule has 0 fully saturated rings. The van der Waals surface area contributed by atoms with Gasteiger partial charge in [0.05, 0.1) is 0 Å². The molecule has 1 heteroatoms. The summed E-state index contributed by atoms with van der Waals surface area (Å²) in [5.41, 5.74) is 0.446. The Bertz CT molecular complexity index is 42.6.